The van der Waals surface area contributed by atoms with E-state index in [-0.39, 0.29) is 18.8 Å². The zero-order chi connectivity index (χ0) is 15.7. The fraction of sp³-hybridized carbons (Fsp3) is 0.455. The summed E-state index contributed by atoms with van der Waals surface area (Å²) in [6.45, 7) is 1.51. The molecule has 21 heavy (non-hydrogen) atoms. The van der Waals surface area contributed by atoms with Gasteiger partial charge in [0.25, 0.3) is 0 Å². The molecule has 1 heterocycles. The molecule has 0 bridgehead atoms. The first-order valence-electron chi connectivity index (χ1n) is 6.05. The van der Waals surface area contributed by atoms with Crippen LogP contribution in [0.2, 0.25) is 5.02 Å². The van der Waals surface area contributed by atoms with Crippen LogP contribution in [0.5, 0.6) is 0 Å². The summed E-state index contributed by atoms with van der Waals surface area (Å²) in [6, 6.07) is 2.89. The lowest BCUT2D eigenvalue weighted by Crippen LogP contribution is -2.48. The Kier molecular flexibility index (Phi) is 4.66. The lowest BCUT2D eigenvalue weighted by atomic mass is 10.2. The Labute approximate surface area is 125 Å². The number of hydrogen-bond acceptors (Lipinski definition) is 3. The summed E-state index contributed by atoms with van der Waals surface area (Å²) in [4.78, 5) is 0. The summed E-state index contributed by atoms with van der Waals surface area (Å²) in [5.41, 5.74) is -1.25. The second-order valence-electron chi connectivity index (χ2n) is 4.45. The van der Waals surface area contributed by atoms with E-state index in [4.69, 9.17) is 11.6 Å². The van der Waals surface area contributed by atoms with Gasteiger partial charge in [0.1, 0.15) is 0 Å². The number of alkyl halides is 3. The molecule has 2 rings (SSSR count). The average Bonchev–Trinajstić information content (AvgIpc) is 2.40. The molecule has 0 aliphatic carbocycles. The predicted molar refractivity (Wildman–Crippen MR) is 73.4 cm³/mol. The van der Waals surface area contributed by atoms with Crippen LogP contribution in [0, 0.1) is 0 Å². The average molecular weight is 344 g/mol. The van der Waals surface area contributed by atoms with Crippen molar-refractivity contribution in [2.75, 3.05) is 30.9 Å². The standard InChI is InChI=1S/C11H13ClF3N3O2S/c12-10-2-1-8(7-9(10)11(13,14)15)17-21(19,20)18-5-3-16-4-6-18/h1-2,7,16-17H,3-6H2. The van der Waals surface area contributed by atoms with Gasteiger partial charge in [-0.15, -0.1) is 0 Å². The van der Waals surface area contributed by atoms with Crippen molar-refractivity contribution in [1.29, 1.82) is 0 Å². The zero-order valence-electron chi connectivity index (χ0n) is 10.7. The van der Waals surface area contributed by atoms with Crippen molar-refractivity contribution in [2.45, 2.75) is 6.18 Å². The Hall–Kier alpha value is -1.03. The van der Waals surface area contributed by atoms with Crippen LogP contribution in [0.15, 0.2) is 18.2 Å². The van der Waals surface area contributed by atoms with E-state index in [9.17, 15) is 21.6 Å². The van der Waals surface area contributed by atoms with Crippen LogP contribution in [-0.2, 0) is 16.4 Å². The topological polar surface area (TPSA) is 61.4 Å². The van der Waals surface area contributed by atoms with E-state index >= 15 is 0 Å². The largest absolute Gasteiger partial charge is 0.417 e. The number of piperazine rings is 1. The van der Waals surface area contributed by atoms with Crippen LogP contribution in [0.3, 0.4) is 0 Å². The smallest absolute Gasteiger partial charge is 0.314 e. The van der Waals surface area contributed by atoms with E-state index in [1.54, 1.807) is 0 Å². The Balaban J connectivity index is 2.23. The van der Waals surface area contributed by atoms with Crippen molar-refractivity contribution in [3.05, 3.63) is 28.8 Å². The minimum Gasteiger partial charge on any atom is -0.314 e. The highest BCUT2D eigenvalue weighted by Crippen LogP contribution is 2.36. The fourth-order valence-electron chi connectivity index (χ4n) is 1.90. The van der Waals surface area contributed by atoms with Crippen LogP contribution in [-0.4, -0.2) is 38.9 Å². The Morgan fingerprint density at radius 1 is 1.24 bits per heavy atom. The van der Waals surface area contributed by atoms with E-state index in [0.717, 1.165) is 6.07 Å². The van der Waals surface area contributed by atoms with Crippen molar-refractivity contribution in [2.24, 2.45) is 0 Å². The van der Waals surface area contributed by atoms with Gasteiger partial charge in [-0.2, -0.15) is 25.9 Å². The van der Waals surface area contributed by atoms with Crippen LogP contribution in [0.1, 0.15) is 5.56 Å². The number of rotatable bonds is 3. The van der Waals surface area contributed by atoms with E-state index in [0.29, 0.717) is 19.2 Å². The summed E-state index contributed by atoms with van der Waals surface area (Å²) in [6.07, 6.45) is -4.65. The molecule has 0 spiro atoms. The third kappa shape index (κ3) is 4.00. The highest BCUT2D eigenvalue weighted by molar-refractivity contribution is 7.90. The van der Waals surface area contributed by atoms with E-state index < -0.39 is 27.0 Å². The van der Waals surface area contributed by atoms with Crippen molar-refractivity contribution in [3.63, 3.8) is 0 Å². The fourth-order valence-corrected chi connectivity index (χ4v) is 3.35. The zero-order valence-corrected chi connectivity index (χ0v) is 12.3. The molecule has 10 heteroatoms. The van der Waals surface area contributed by atoms with E-state index in [2.05, 4.69) is 10.0 Å². The molecule has 2 N–H and O–H groups in total. The number of hydrogen-bond donors (Lipinski definition) is 2. The minimum atomic E-state index is -4.65. The molecule has 1 aliphatic heterocycles. The Bertz CT molecular complexity index is 616. The van der Waals surface area contributed by atoms with Gasteiger partial charge in [0.15, 0.2) is 0 Å². The Morgan fingerprint density at radius 3 is 2.43 bits per heavy atom. The number of anilines is 1. The molecule has 0 unspecified atom stereocenters. The summed E-state index contributed by atoms with van der Waals surface area (Å²) < 4.78 is 65.7. The first kappa shape index (κ1) is 16.3. The first-order valence-corrected chi connectivity index (χ1v) is 7.87. The molecular formula is C11H13ClF3N3O2S. The highest BCUT2D eigenvalue weighted by atomic mass is 35.5. The molecule has 1 saturated heterocycles. The van der Waals surface area contributed by atoms with Gasteiger partial charge in [0, 0.05) is 26.2 Å². The third-order valence-corrected chi connectivity index (χ3v) is 4.80. The molecule has 0 atom stereocenters. The lowest BCUT2D eigenvalue weighted by Gasteiger charge is -2.27. The molecule has 5 nitrogen and oxygen atoms in total. The van der Waals surface area contributed by atoms with Crippen LogP contribution in [0.4, 0.5) is 18.9 Å². The van der Waals surface area contributed by atoms with Crippen molar-refractivity contribution >= 4 is 27.5 Å². The second-order valence-corrected chi connectivity index (χ2v) is 6.53. The number of nitrogens with zero attached hydrogens (tertiary/aromatic N) is 1. The Morgan fingerprint density at radius 2 is 1.86 bits per heavy atom. The SMILES string of the molecule is O=S(=O)(Nc1ccc(Cl)c(C(F)(F)F)c1)N1CCNCC1. The van der Waals surface area contributed by atoms with Gasteiger partial charge in [-0.05, 0) is 18.2 Å². The number of halogens is 4. The monoisotopic (exact) mass is 343 g/mol. The molecule has 0 saturated carbocycles. The van der Waals surface area contributed by atoms with Crippen LogP contribution < -0.4 is 10.0 Å². The maximum atomic E-state index is 12.7. The first-order chi connectivity index (χ1) is 9.70. The third-order valence-electron chi connectivity index (χ3n) is 2.93. The van der Waals surface area contributed by atoms with Crippen molar-refractivity contribution in [1.82, 2.24) is 9.62 Å². The van der Waals surface area contributed by atoms with Gasteiger partial charge >= 0.3 is 16.4 Å². The number of benzene rings is 1. The number of nitrogens with one attached hydrogen (secondary N) is 2. The van der Waals surface area contributed by atoms with E-state index in [1.807, 2.05) is 0 Å². The van der Waals surface area contributed by atoms with Gasteiger partial charge < -0.3 is 5.32 Å². The van der Waals surface area contributed by atoms with Gasteiger partial charge in [0.05, 0.1) is 16.3 Å². The molecule has 1 aromatic carbocycles. The molecule has 0 amide bonds. The maximum Gasteiger partial charge on any atom is 0.417 e. The van der Waals surface area contributed by atoms with Crippen LogP contribution >= 0.6 is 11.6 Å². The summed E-state index contributed by atoms with van der Waals surface area (Å²) in [7, 11) is -3.88. The van der Waals surface area contributed by atoms with Crippen molar-refractivity contribution in [3.8, 4) is 0 Å². The van der Waals surface area contributed by atoms with Gasteiger partial charge in [-0.3, -0.25) is 4.72 Å². The van der Waals surface area contributed by atoms with Crippen molar-refractivity contribution < 1.29 is 21.6 Å². The molecule has 1 fully saturated rings. The van der Waals surface area contributed by atoms with Gasteiger partial charge in [-0.25, -0.2) is 0 Å². The van der Waals surface area contributed by atoms with E-state index in [1.165, 1.54) is 10.4 Å². The quantitative estimate of drug-likeness (QED) is 0.881. The summed E-state index contributed by atoms with van der Waals surface area (Å²) in [5, 5.41) is 2.51. The second kappa shape index (κ2) is 5.99. The molecule has 0 radical (unpaired) electrons. The summed E-state index contributed by atoms with van der Waals surface area (Å²) in [5.74, 6) is 0. The molecule has 1 aromatic rings. The summed E-state index contributed by atoms with van der Waals surface area (Å²) >= 11 is 5.48. The van der Waals surface area contributed by atoms with Gasteiger partial charge in [-0.1, -0.05) is 11.6 Å². The lowest BCUT2D eigenvalue weighted by molar-refractivity contribution is -0.137. The predicted octanol–water partition coefficient (Wildman–Crippen LogP) is 1.92. The highest BCUT2D eigenvalue weighted by Gasteiger charge is 2.34. The minimum absolute atomic E-state index is 0.176. The van der Waals surface area contributed by atoms with Crippen LogP contribution in [0.25, 0.3) is 0 Å². The molecule has 118 valence electrons. The normalized spacial score (nSPS) is 17.7. The molecule has 0 aromatic heterocycles. The molecular weight excluding hydrogens is 331 g/mol. The molecule has 1 aliphatic rings. The maximum absolute atomic E-state index is 12.7. The van der Waals surface area contributed by atoms with Gasteiger partial charge in [0.2, 0.25) is 0 Å².